The van der Waals surface area contributed by atoms with Gasteiger partial charge in [-0.15, -0.1) is 0 Å². The summed E-state index contributed by atoms with van der Waals surface area (Å²) < 4.78 is 2.39. The highest BCUT2D eigenvalue weighted by molar-refractivity contribution is 6.22. The number of hydrogen-bond donors (Lipinski definition) is 0. The molecule has 2 heteroatoms. The minimum absolute atomic E-state index is 1.00. The number of nitrogens with zero attached hydrogens (tertiary/aromatic N) is 2. The van der Waals surface area contributed by atoms with Gasteiger partial charge in [0.25, 0.3) is 0 Å². The van der Waals surface area contributed by atoms with Gasteiger partial charge in [0.2, 0.25) is 0 Å². The molecule has 0 amide bonds. The fourth-order valence-electron chi connectivity index (χ4n) is 7.97. The predicted molar refractivity (Wildman–Crippen MR) is 228 cm³/mol. The summed E-state index contributed by atoms with van der Waals surface area (Å²) in [6.45, 7) is 6.17. The van der Waals surface area contributed by atoms with E-state index in [0.29, 0.717) is 0 Å². The molecule has 8 aromatic carbocycles. The van der Waals surface area contributed by atoms with Gasteiger partial charge in [-0.05, 0) is 117 Å². The lowest BCUT2D eigenvalue weighted by Gasteiger charge is -2.26. The van der Waals surface area contributed by atoms with E-state index in [1.54, 1.807) is 0 Å². The second-order valence-electron chi connectivity index (χ2n) is 13.3. The summed E-state index contributed by atoms with van der Waals surface area (Å²) in [7, 11) is 0. The Hall–Kier alpha value is -6.90. The summed E-state index contributed by atoms with van der Waals surface area (Å²) in [6.07, 6.45) is 8.10. The first kappa shape index (κ1) is 32.0. The summed E-state index contributed by atoms with van der Waals surface area (Å²) in [6, 6.07) is 63.6. The number of hydrogen-bond acceptors (Lipinski definition) is 1. The van der Waals surface area contributed by atoms with Crippen molar-refractivity contribution in [3.8, 4) is 27.9 Å². The highest BCUT2D eigenvalue weighted by Crippen LogP contribution is 2.45. The first-order valence-electron chi connectivity index (χ1n) is 18.2. The standard InChI is InChI=1S/C51H38N2/c1-3-5-20-38(4-2)52(39-21-10-7-11-22-39)40-30-32-41(33-31-40)53-48-28-17-16-23-42(48)47-35-37(29-34-49(47)53)51-45-26-14-12-24-43(45)50(36-18-8-6-9-19-36)44-25-13-15-27-46(44)51/h3-35H,2H2,1H3/b5-3-,38-20+. The van der Waals surface area contributed by atoms with Crippen LogP contribution in [0.1, 0.15) is 6.92 Å². The summed E-state index contributed by atoms with van der Waals surface area (Å²) in [5.74, 6) is 0. The van der Waals surface area contributed by atoms with E-state index < -0.39 is 0 Å². The molecule has 0 fully saturated rings. The Balaban J connectivity index is 1.22. The molecule has 0 atom stereocenters. The van der Waals surface area contributed by atoms with E-state index in [2.05, 4.69) is 198 Å². The number of benzene rings is 8. The van der Waals surface area contributed by atoms with Crippen LogP contribution < -0.4 is 4.90 Å². The number of allylic oxidation sites excluding steroid dienone is 4. The highest BCUT2D eigenvalue weighted by Gasteiger charge is 2.19. The van der Waals surface area contributed by atoms with Gasteiger partial charge in [0.15, 0.2) is 0 Å². The van der Waals surface area contributed by atoms with Gasteiger partial charge in [0.05, 0.1) is 11.0 Å². The molecule has 0 aliphatic heterocycles. The maximum Gasteiger partial charge on any atom is 0.0541 e. The molecule has 53 heavy (non-hydrogen) atoms. The molecule has 9 aromatic rings. The van der Waals surface area contributed by atoms with Crippen molar-refractivity contribution in [2.45, 2.75) is 6.92 Å². The third-order valence-corrected chi connectivity index (χ3v) is 10.3. The first-order valence-corrected chi connectivity index (χ1v) is 18.2. The Morgan fingerprint density at radius 3 is 1.60 bits per heavy atom. The van der Waals surface area contributed by atoms with E-state index >= 15 is 0 Å². The highest BCUT2D eigenvalue weighted by atomic mass is 15.1. The summed E-state index contributed by atoms with van der Waals surface area (Å²) >= 11 is 0. The van der Waals surface area contributed by atoms with E-state index in [0.717, 1.165) is 22.8 Å². The normalized spacial score (nSPS) is 12.0. The fraction of sp³-hybridized carbons (Fsp3) is 0.0196. The van der Waals surface area contributed by atoms with Gasteiger partial charge in [-0.1, -0.05) is 140 Å². The SMILES string of the molecule is C=C/C(=C\C=C/C)N(c1ccccc1)c1ccc(-n2c3ccccc3c3cc(-c4c5ccccc5c(-c5ccccc5)c5ccccc45)ccc32)cc1. The van der Waals surface area contributed by atoms with Gasteiger partial charge < -0.3 is 9.47 Å². The zero-order valence-corrected chi connectivity index (χ0v) is 29.7. The Bertz CT molecular complexity index is 2780. The Morgan fingerprint density at radius 2 is 1.00 bits per heavy atom. The van der Waals surface area contributed by atoms with Crippen molar-refractivity contribution in [2.24, 2.45) is 0 Å². The van der Waals surface area contributed by atoms with Crippen molar-refractivity contribution < 1.29 is 0 Å². The molecule has 0 spiro atoms. The van der Waals surface area contributed by atoms with E-state index in [9.17, 15) is 0 Å². The molecule has 0 radical (unpaired) electrons. The molecule has 0 bridgehead atoms. The van der Waals surface area contributed by atoms with E-state index in [-0.39, 0.29) is 0 Å². The molecule has 1 aromatic heterocycles. The van der Waals surface area contributed by atoms with Crippen LogP contribution in [0.15, 0.2) is 213 Å². The Morgan fingerprint density at radius 1 is 0.491 bits per heavy atom. The second-order valence-corrected chi connectivity index (χ2v) is 13.3. The zero-order chi connectivity index (χ0) is 35.7. The van der Waals surface area contributed by atoms with E-state index in [1.807, 2.05) is 25.1 Å². The van der Waals surface area contributed by atoms with Crippen molar-refractivity contribution >= 4 is 54.7 Å². The van der Waals surface area contributed by atoms with Crippen LogP contribution in [0.25, 0.3) is 71.3 Å². The van der Waals surface area contributed by atoms with E-state index in [4.69, 9.17) is 0 Å². The van der Waals surface area contributed by atoms with Crippen LogP contribution in [0.2, 0.25) is 0 Å². The molecule has 252 valence electrons. The molecule has 0 N–H and O–H groups in total. The van der Waals surface area contributed by atoms with Crippen LogP contribution in [0.3, 0.4) is 0 Å². The molecule has 0 aliphatic carbocycles. The van der Waals surface area contributed by atoms with Crippen LogP contribution in [0, 0.1) is 0 Å². The fourth-order valence-corrected chi connectivity index (χ4v) is 7.97. The van der Waals surface area contributed by atoms with E-state index in [1.165, 1.54) is 65.6 Å². The lowest BCUT2D eigenvalue weighted by molar-refractivity contribution is 1.16. The number of rotatable bonds is 8. The van der Waals surface area contributed by atoms with Crippen LogP contribution >= 0.6 is 0 Å². The largest absolute Gasteiger partial charge is 0.311 e. The quantitative estimate of drug-likeness (QED) is 0.115. The maximum atomic E-state index is 4.14. The lowest BCUT2D eigenvalue weighted by Crippen LogP contribution is -2.15. The number of fused-ring (bicyclic) bond motifs is 5. The molecular formula is C51H38N2. The topological polar surface area (TPSA) is 8.17 Å². The summed E-state index contributed by atoms with van der Waals surface area (Å²) in [4.78, 5) is 2.24. The minimum Gasteiger partial charge on any atom is -0.311 e. The van der Waals surface area contributed by atoms with Crippen LogP contribution in [0.4, 0.5) is 11.4 Å². The molecule has 0 aliphatic rings. The number of para-hydroxylation sites is 2. The van der Waals surface area contributed by atoms with Gasteiger partial charge in [-0.3, -0.25) is 0 Å². The van der Waals surface area contributed by atoms with Gasteiger partial charge in [0, 0.05) is 33.5 Å². The third-order valence-electron chi connectivity index (χ3n) is 10.3. The van der Waals surface area contributed by atoms with Gasteiger partial charge in [-0.25, -0.2) is 0 Å². The van der Waals surface area contributed by atoms with Crippen molar-refractivity contribution in [2.75, 3.05) is 4.90 Å². The molecule has 0 saturated carbocycles. The summed E-state index contributed by atoms with van der Waals surface area (Å²) in [5.41, 5.74) is 11.6. The smallest absolute Gasteiger partial charge is 0.0541 e. The Labute approximate surface area is 310 Å². The lowest BCUT2D eigenvalue weighted by atomic mass is 9.86. The molecule has 0 unspecified atom stereocenters. The number of anilines is 2. The third kappa shape index (κ3) is 5.53. The molecule has 9 rings (SSSR count). The number of aromatic nitrogens is 1. The van der Waals surface area contributed by atoms with Gasteiger partial charge in [-0.2, -0.15) is 0 Å². The molecular weight excluding hydrogens is 641 g/mol. The van der Waals surface area contributed by atoms with Crippen molar-refractivity contribution in [1.29, 1.82) is 0 Å². The summed E-state index contributed by atoms with van der Waals surface area (Å²) in [5, 5.41) is 7.51. The maximum absolute atomic E-state index is 4.14. The average molecular weight is 679 g/mol. The molecule has 1 heterocycles. The Kier molecular flexibility index (Phi) is 8.26. The second kappa shape index (κ2) is 13.7. The van der Waals surface area contributed by atoms with Crippen molar-refractivity contribution in [1.82, 2.24) is 4.57 Å². The first-order chi connectivity index (χ1) is 26.2. The molecule has 2 nitrogen and oxygen atoms in total. The van der Waals surface area contributed by atoms with Crippen LogP contribution in [0.5, 0.6) is 0 Å². The van der Waals surface area contributed by atoms with Gasteiger partial charge >= 0.3 is 0 Å². The zero-order valence-electron chi connectivity index (χ0n) is 29.7. The minimum atomic E-state index is 1.00. The van der Waals surface area contributed by atoms with Crippen LogP contribution in [-0.2, 0) is 0 Å². The van der Waals surface area contributed by atoms with Crippen LogP contribution in [-0.4, -0.2) is 4.57 Å². The average Bonchev–Trinajstić information content (AvgIpc) is 3.56. The van der Waals surface area contributed by atoms with Gasteiger partial charge in [0.1, 0.15) is 0 Å². The van der Waals surface area contributed by atoms with Crippen molar-refractivity contribution in [3.05, 3.63) is 213 Å². The molecule has 0 saturated heterocycles. The monoisotopic (exact) mass is 678 g/mol. The predicted octanol–water partition coefficient (Wildman–Crippen LogP) is 14.2. The van der Waals surface area contributed by atoms with Crippen molar-refractivity contribution in [3.63, 3.8) is 0 Å².